The normalized spacial score (nSPS) is 11.6. The molecule has 9 heteroatoms. The smallest absolute Gasteiger partial charge is 0.232 e. The summed E-state index contributed by atoms with van der Waals surface area (Å²) in [5.74, 6) is 0.990. The summed E-state index contributed by atoms with van der Waals surface area (Å²) in [5.41, 5.74) is 3.43. The van der Waals surface area contributed by atoms with Gasteiger partial charge in [-0.15, -0.1) is 0 Å². The second-order valence-corrected chi connectivity index (χ2v) is 7.52. The first-order valence-electron chi connectivity index (χ1n) is 9.33. The average molecular weight is 444 g/mol. The number of pyridine rings is 1. The Morgan fingerprint density at radius 3 is 2.79 bits per heavy atom. The van der Waals surface area contributed by atoms with Crippen LogP contribution in [-0.2, 0) is 6.42 Å². The maximum absolute atomic E-state index is 5.77. The van der Waals surface area contributed by atoms with E-state index in [1.165, 1.54) is 0 Å². The number of nitrogens with one attached hydrogen (secondary N) is 2. The van der Waals surface area contributed by atoms with Gasteiger partial charge in [-0.2, -0.15) is 15.1 Å². The van der Waals surface area contributed by atoms with Crippen LogP contribution in [0.4, 0.5) is 11.6 Å². The monoisotopic (exact) mass is 443 g/mol. The van der Waals surface area contributed by atoms with Gasteiger partial charge in [0.2, 0.25) is 11.8 Å². The van der Waals surface area contributed by atoms with Crippen molar-refractivity contribution in [1.82, 2.24) is 29.7 Å². The molecule has 0 unspecified atom stereocenters. The van der Waals surface area contributed by atoms with E-state index < -0.39 is 0 Å². The third-order valence-electron chi connectivity index (χ3n) is 4.44. The van der Waals surface area contributed by atoms with Crippen molar-refractivity contribution in [3.8, 4) is 5.88 Å². The second-order valence-electron chi connectivity index (χ2n) is 6.72. The van der Waals surface area contributed by atoms with Gasteiger partial charge in [-0.05, 0) is 49.2 Å². The van der Waals surface area contributed by atoms with E-state index in [4.69, 9.17) is 4.74 Å². The number of rotatable bonds is 6. The van der Waals surface area contributed by atoms with Crippen LogP contribution in [0.3, 0.4) is 0 Å². The maximum atomic E-state index is 5.77. The standard InChI is InChI=1S/C19H22BrN7O/c1-5-13-15(20)14-16(24-13)25-19(26-18(14)28-6-2)23-12-7-11-8-22-27(10(3)4)17(11)21-9-12/h7-10H,5-6H2,1-4H3,(H2,23,24,25,26). The largest absolute Gasteiger partial charge is 0.477 e. The molecular formula is C19H22BrN7O. The quantitative estimate of drug-likeness (QED) is 0.446. The first-order valence-corrected chi connectivity index (χ1v) is 10.1. The predicted octanol–water partition coefficient (Wildman–Crippen LogP) is 4.75. The molecule has 0 radical (unpaired) electrons. The average Bonchev–Trinajstić information content (AvgIpc) is 3.22. The van der Waals surface area contributed by atoms with Crippen LogP contribution in [0, 0.1) is 0 Å². The van der Waals surface area contributed by atoms with Crippen molar-refractivity contribution in [2.24, 2.45) is 0 Å². The van der Waals surface area contributed by atoms with E-state index in [2.05, 4.69) is 67.1 Å². The van der Waals surface area contributed by atoms with E-state index in [1.54, 1.807) is 6.20 Å². The Labute approximate surface area is 170 Å². The number of ether oxygens (including phenoxy) is 1. The van der Waals surface area contributed by atoms with Gasteiger partial charge in [0, 0.05) is 17.1 Å². The molecule has 0 aliphatic rings. The molecule has 0 saturated carbocycles. The number of anilines is 2. The molecule has 2 N–H and O–H groups in total. The van der Waals surface area contributed by atoms with Gasteiger partial charge in [0.25, 0.3) is 0 Å². The molecule has 4 heterocycles. The Hall–Kier alpha value is -2.68. The summed E-state index contributed by atoms with van der Waals surface area (Å²) in [6.07, 6.45) is 4.43. The van der Waals surface area contributed by atoms with Crippen LogP contribution in [0.5, 0.6) is 5.88 Å². The van der Waals surface area contributed by atoms with E-state index in [9.17, 15) is 0 Å². The highest BCUT2D eigenvalue weighted by Crippen LogP contribution is 2.34. The SMILES string of the molecule is CCOc1nc(Nc2cnc3c(cnn3C(C)C)c2)nc2[nH]c(CC)c(Br)c12. The zero-order chi connectivity index (χ0) is 19.8. The number of aromatic nitrogens is 6. The predicted molar refractivity (Wildman–Crippen MR) is 113 cm³/mol. The van der Waals surface area contributed by atoms with Gasteiger partial charge in [-0.1, -0.05) is 6.92 Å². The van der Waals surface area contributed by atoms with Crippen LogP contribution in [0.25, 0.3) is 22.1 Å². The summed E-state index contributed by atoms with van der Waals surface area (Å²) in [7, 11) is 0. The molecule has 8 nitrogen and oxygen atoms in total. The number of halogens is 1. The van der Waals surface area contributed by atoms with Crippen LogP contribution < -0.4 is 10.1 Å². The summed E-state index contributed by atoms with van der Waals surface area (Å²) in [4.78, 5) is 17.1. The molecule has 28 heavy (non-hydrogen) atoms. The van der Waals surface area contributed by atoms with Crippen molar-refractivity contribution in [3.63, 3.8) is 0 Å². The number of aryl methyl sites for hydroxylation is 1. The number of aromatic amines is 1. The van der Waals surface area contributed by atoms with Crippen LogP contribution in [-0.4, -0.2) is 36.3 Å². The van der Waals surface area contributed by atoms with Crippen LogP contribution in [0.1, 0.15) is 39.4 Å². The molecule has 0 atom stereocenters. The molecule has 0 aliphatic carbocycles. The lowest BCUT2D eigenvalue weighted by Gasteiger charge is -2.09. The summed E-state index contributed by atoms with van der Waals surface area (Å²) >= 11 is 3.63. The fourth-order valence-corrected chi connectivity index (χ4v) is 3.87. The summed E-state index contributed by atoms with van der Waals surface area (Å²) in [6.45, 7) is 8.70. The molecule has 0 amide bonds. The van der Waals surface area contributed by atoms with Gasteiger partial charge in [0.05, 0.1) is 34.5 Å². The van der Waals surface area contributed by atoms with Gasteiger partial charge in [0.15, 0.2) is 5.65 Å². The molecule has 146 valence electrons. The Balaban J connectivity index is 1.74. The summed E-state index contributed by atoms with van der Waals surface area (Å²) in [6, 6.07) is 2.24. The van der Waals surface area contributed by atoms with Crippen LogP contribution in [0.15, 0.2) is 22.9 Å². The van der Waals surface area contributed by atoms with Gasteiger partial charge in [0.1, 0.15) is 5.65 Å². The van der Waals surface area contributed by atoms with Crippen molar-refractivity contribution >= 4 is 49.6 Å². The van der Waals surface area contributed by atoms with E-state index in [0.29, 0.717) is 18.4 Å². The van der Waals surface area contributed by atoms with E-state index in [-0.39, 0.29) is 6.04 Å². The van der Waals surface area contributed by atoms with Gasteiger partial charge in [-0.3, -0.25) is 0 Å². The zero-order valence-corrected chi connectivity index (χ0v) is 17.8. The van der Waals surface area contributed by atoms with Crippen molar-refractivity contribution < 1.29 is 4.74 Å². The number of hydrogen-bond acceptors (Lipinski definition) is 6. The number of fused-ring (bicyclic) bond motifs is 2. The third kappa shape index (κ3) is 3.19. The van der Waals surface area contributed by atoms with Crippen molar-refractivity contribution in [2.75, 3.05) is 11.9 Å². The Kier molecular flexibility index (Phi) is 4.92. The lowest BCUT2D eigenvalue weighted by molar-refractivity contribution is 0.331. The minimum absolute atomic E-state index is 0.252. The second kappa shape index (κ2) is 7.38. The Morgan fingerprint density at radius 2 is 2.07 bits per heavy atom. The molecule has 0 bridgehead atoms. The first-order chi connectivity index (χ1) is 13.5. The maximum Gasteiger partial charge on any atom is 0.232 e. The molecule has 0 saturated heterocycles. The molecule has 4 aromatic heterocycles. The van der Waals surface area contributed by atoms with Gasteiger partial charge >= 0.3 is 0 Å². The topological polar surface area (TPSA) is 93.5 Å². The minimum Gasteiger partial charge on any atom is -0.477 e. The molecule has 0 aromatic carbocycles. The highest BCUT2D eigenvalue weighted by atomic mass is 79.9. The fourth-order valence-electron chi connectivity index (χ4n) is 3.13. The summed E-state index contributed by atoms with van der Waals surface area (Å²) in [5, 5.41) is 9.46. The Morgan fingerprint density at radius 1 is 1.25 bits per heavy atom. The molecule has 0 spiro atoms. The van der Waals surface area contributed by atoms with Crippen LogP contribution in [0.2, 0.25) is 0 Å². The van der Waals surface area contributed by atoms with E-state index in [0.717, 1.165) is 44.3 Å². The number of nitrogens with zero attached hydrogens (tertiary/aromatic N) is 5. The lowest BCUT2D eigenvalue weighted by atomic mass is 10.3. The molecule has 4 rings (SSSR count). The first kappa shape index (κ1) is 18.7. The third-order valence-corrected chi connectivity index (χ3v) is 5.32. The minimum atomic E-state index is 0.252. The van der Waals surface area contributed by atoms with Gasteiger partial charge < -0.3 is 15.0 Å². The number of hydrogen-bond donors (Lipinski definition) is 2. The van der Waals surface area contributed by atoms with Crippen molar-refractivity contribution in [3.05, 3.63) is 28.6 Å². The van der Waals surface area contributed by atoms with Gasteiger partial charge in [-0.25, -0.2) is 9.67 Å². The molecule has 0 aliphatic heterocycles. The van der Waals surface area contributed by atoms with E-state index >= 15 is 0 Å². The highest BCUT2D eigenvalue weighted by molar-refractivity contribution is 9.10. The van der Waals surface area contributed by atoms with Crippen molar-refractivity contribution in [1.29, 1.82) is 0 Å². The highest BCUT2D eigenvalue weighted by Gasteiger charge is 2.17. The molecule has 0 fully saturated rings. The fraction of sp³-hybridized carbons (Fsp3) is 0.368. The van der Waals surface area contributed by atoms with Crippen molar-refractivity contribution in [2.45, 2.75) is 40.2 Å². The van der Waals surface area contributed by atoms with Crippen LogP contribution >= 0.6 is 15.9 Å². The molecule has 4 aromatic rings. The van der Waals surface area contributed by atoms with E-state index in [1.807, 2.05) is 23.9 Å². The zero-order valence-electron chi connectivity index (χ0n) is 16.2. The lowest BCUT2D eigenvalue weighted by Crippen LogP contribution is -2.04. The number of H-pyrrole nitrogens is 1. The summed E-state index contributed by atoms with van der Waals surface area (Å²) < 4.78 is 8.61. The molecular weight excluding hydrogens is 422 g/mol. The Bertz CT molecular complexity index is 1150.